The Hall–Kier alpha value is -4.18. The van der Waals surface area contributed by atoms with E-state index in [4.69, 9.17) is 19.9 Å². The van der Waals surface area contributed by atoms with Gasteiger partial charge in [0.1, 0.15) is 28.9 Å². The fourth-order valence-corrected chi connectivity index (χ4v) is 4.01. The Bertz CT molecular complexity index is 1300. The second kappa shape index (κ2) is 8.52. The van der Waals surface area contributed by atoms with Crippen molar-refractivity contribution in [1.29, 1.82) is 5.26 Å². The molecule has 7 heteroatoms. The van der Waals surface area contributed by atoms with Crippen LogP contribution in [-0.2, 0) is 6.54 Å². The van der Waals surface area contributed by atoms with E-state index in [9.17, 15) is 10.1 Å². The van der Waals surface area contributed by atoms with Crippen LogP contribution >= 0.6 is 0 Å². The number of nitrogens with two attached hydrogens (primary N) is 1. The fraction of sp³-hybridized carbons (Fsp3) is 0.200. The highest BCUT2D eigenvalue weighted by Crippen LogP contribution is 2.43. The Morgan fingerprint density at radius 2 is 1.84 bits per heavy atom. The summed E-state index contributed by atoms with van der Waals surface area (Å²) in [5.74, 6) is 0.948. The summed E-state index contributed by atoms with van der Waals surface area (Å²) in [5, 5.41) is 9.85. The number of aromatic nitrogens is 1. The summed E-state index contributed by atoms with van der Waals surface area (Å²) in [5.41, 5.74) is 8.72. The zero-order valence-electron chi connectivity index (χ0n) is 18.1. The maximum absolute atomic E-state index is 13.8. The Labute approximate surface area is 185 Å². The molecular formula is C25H23N3O4. The van der Waals surface area contributed by atoms with Crippen LogP contribution in [0.1, 0.15) is 28.3 Å². The van der Waals surface area contributed by atoms with Crippen molar-refractivity contribution in [2.24, 2.45) is 5.73 Å². The molecule has 0 saturated heterocycles. The number of fused-ring (bicyclic) bond motifs is 1. The molecule has 0 bridgehead atoms. The van der Waals surface area contributed by atoms with Crippen molar-refractivity contribution in [1.82, 2.24) is 4.57 Å². The molecule has 0 amide bonds. The summed E-state index contributed by atoms with van der Waals surface area (Å²) in [6, 6.07) is 18.7. The lowest BCUT2D eigenvalue weighted by Crippen LogP contribution is -2.33. The minimum atomic E-state index is -0.699. The molecular weight excluding hydrogens is 406 g/mol. The first-order chi connectivity index (χ1) is 15.5. The van der Waals surface area contributed by atoms with Crippen molar-refractivity contribution >= 4 is 0 Å². The topological polar surface area (TPSA) is 99.5 Å². The molecule has 4 rings (SSSR count). The summed E-state index contributed by atoms with van der Waals surface area (Å²) in [6.07, 6.45) is 0. The lowest BCUT2D eigenvalue weighted by Gasteiger charge is -2.28. The van der Waals surface area contributed by atoms with Gasteiger partial charge in [0.25, 0.3) is 5.56 Å². The Morgan fingerprint density at radius 3 is 2.50 bits per heavy atom. The molecule has 3 aromatic rings. The average Bonchev–Trinajstić information content (AvgIpc) is 2.81. The van der Waals surface area contributed by atoms with Crippen molar-refractivity contribution in [3.63, 3.8) is 0 Å². The molecule has 32 heavy (non-hydrogen) atoms. The molecule has 1 atom stereocenters. The third-order valence-electron chi connectivity index (χ3n) is 5.64. The standard InChI is InChI=1S/C25H23N3O4/c1-15-12-21-23(25(29)28(15)14-16-8-10-17(30-2)11-9-16)22(19(13-26)24(27)32-21)18-6-4-5-7-20(18)31-3/h4-12,22H,14,27H2,1-3H3/t22-/m0/s1. The molecule has 2 heterocycles. The predicted molar refractivity (Wildman–Crippen MR) is 120 cm³/mol. The van der Waals surface area contributed by atoms with E-state index in [1.165, 1.54) is 0 Å². The van der Waals surface area contributed by atoms with Gasteiger partial charge in [-0.1, -0.05) is 30.3 Å². The number of aryl methyl sites for hydroxylation is 1. The molecule has 0 spiro atoms. The molecule has 0 radical (unpaired) electrons. The second-order valence-electron chi connectivity index (χ2n) is 7.47. The monoisotopic (exact) mass is 429 g/mol. The second-order valence-corrected chi connectivity index (χ2v) is 7.47. The number of ether oxygens (including phenoxy) is 3. The SMILES string of the molecule is COc1ccc(Cn2c(C)cc3c(c2=O)[C@@H](c2ccccc2OC)C(C#N)=C(N)O3)cc1. The number of nitriles is 1. The maximum Gasteiger partial charge on any atom is 0.259 e. The van der Waals surface area contributed by atoms with Gasteiger partial charge in [-0.15, -0.1) is 0 Å². The van der Waals surface area contributed by atoms with Crippen molar-refractivity contribution < 1.29 is 14.2 Å². The predicted octanol–water partition coefficient (Wildman–Crippen LogP) is 3.44. The summed E-state index contributed by atoms with van der Waals surface area (Å²) in [4.78, 5) is 13.8. The van der Waals surface area contributed by atoms with Gasteiger partial charge in [-0.05, 0) is 30.7 Å². The maximum atomic E-state index is 13.8. The number of hydrogen-bond donors (Lipinski definition) is 1. The lowest BCUT2D eigenvalue weighted by atomic mass is 9.83. The van der Waals surface area contributed by atoms with E-state index in [2.05, 4.69) is 6.07 Å². The highest BCUT2D eigenvalue weighted by molar-refractivity contribution is 5.58. The van der Waals surface area contributed by atoms with E-state index < -0.39 is 5.92 Å². The summed E-state index contributed by atoms with van der Waals surface area (Å²) in [7, 11) is 3.16. The number of rotatable bonds is 5. The normalized spacial score (nSPS) is 14.9. The number of hydrogen-bond acceptors (Lipinski definition) is 6. The van der Waals surface area contributed by atoms with Gasteiger partial charge in [0.2, 0.25) is 5.88 Å². The minimum absolute atomic E-state index is 0.0115. The van der Waals surface area contributed by atoms with Crippen LogP contribution < -0.4 is 25.5 Å². The van der Waals surface area contributed by atoms with Crippen LogP contribution in [0.3, 0.4) is 0 Å². The van der Waals surface area contributed by atoms with E-state index in [-0.39, 0.29) is 17.0 Å². The highest BCUT2D eigenvalue weighted by atomic mass is 16.5. The first kappa shape index (κ1) is 21.1. The molecule has 2 aromatic carbocycles. The van der Waals surface area contributed by atoms with E-state index in [0.717, 1.165) is 17.0 Å². The van der Waals surface area contributed by atoms with Gasteiger partial charge >= 0.3 is 0 Å². The van der Waals surface area contributed by atoms with Gasteiger partial charge in [0.15, 0.2) is 0 Å². The number of pyridine rings is 1. The van der Waals surface area contributed by atoms with Crippen molar-refractivity contribution in [3.05, 3.63) is 98.8 Å². The van der Waals surface area contributed by atoms with Gasteiger partial charge in [0, 0.05) is 17.3 Å². The zero-order chi connectivity index (χ0) is 22.8. The van der Waals surface area contributed by atoms with Crippen LogP contribution in [-0.4, -0.2) is 18.8 Å². The molecule has 0 aliphatic carbocycles. The smallest absolute Gasteiger partial charge is 0.259 e. The van der Waals surface area contributed by atoms with Crippen molar-refractivity contribution in [3.8, 4) is 23.3 Å². The van der Waals surface area contributed by atoms with Gasteiger partial charge in [-0.2, -0.15) is 5.26 Å². The molecule has 1 aliphatic heterocycles. The minimum Gasteiger partial charge on any atom is -0.497 e. The van der Waals surface area contributed by atoms with Gasteiger partial charge in [-0.3, -0.25) is 4.79 Å². The molecule has 7 nitrogen and oxygen atoms in total. The summed E-state index contributed by atoms with van der Waals surface area (Å²) < 4.78 is 18.1. The quantitative estimate of drug-likeness (QED) is 0.667. The van der Waals surface area contributed by atoms with Crippen LogP contribution in [0, 0.1) is 18.3 Å². The Morgan fingerprint density at radius 1 is 1.12 bits per heavy atom. The highest BCUT2D eigenvalue weighted by Gasteiger charge is 2.35. The molecule has 1 aromatic heterocycles. The molecule has 0 saturated carbocycles. The molecule has 0 unspecified atom stereocenters. The third-order valence-corrected chi connectivity index (χ3v) is 5.64. The van der Waals surface area contributed by atoms with Gasteiger partial charge < -0.3 is 24.5 Å². The van der Waals surface area contributed by atoms with Crippen LogP contribution in [0.15, 0.2) is 70.8 Å². The van der Waals surface area contributed by atoms with Gasteiger partial charge in [0.05, 0.1) is 32.2 Å². The van der Waals surface area contributed by atoms with E-state index in [1.54, 1.807) is 30.9 Å². The van der Waals surface area contributed by atoms with Crippen LogP contribution in [0.25, 0.3) is 0 Å². The summed E-state index contributed by atoms with van der Waals surface area (Å²) in [6.45, 7) is 2.20. The van der Waals surface area contributed by atoms with E-state index in [0.29, 0.717) is 29.2 Å². The number of methoxy groups -OCH3 is 2. The zero-order valence-corrected chi connectivity index (χ0v) is 18.1. The lowest BCUT2D eigenvalue weighted by molar-refractivity contribution is 0.383. The number of para-hydroxylation sites is 1. The fourth-order valence-electron chi connectivity index (χ4n) is 4.01. The van der Waals surface area contributed by atoms with Crippen LogP contribution in [0.4, 0.5) is 0 Å². The number of nitrogens with zero attached hydrogens (tertiary/aromatic N) is 2. The molecule has 0 fully saturated rings. The van der Waals surface area contributed by atoms with E-state index >= 15 is 0 Å². The first-order valence-corrected chi connectivity index (χ1v) is 10.1. The molecule has 2 N–H and O–H groups in total. The number of allylic oxidation sites excluding steroid dienone is 1. The Kier molecular flexibility index (Phi) is 5.61. The summed E-state index contributed by atoms with van der Waals surface area (Å²) >= 11 is 0. The third kappa shape index (κ3) is 3.56. The van der Waals surface area contributed by atoms with Crippen LogP contribution in [0.2, 0.25) is 0 Å². The van der Waals surface area contributed by atoms with Crippen molar-refractivity contribution in [2.75, 3.05) is 14.2 Å². The number of benzene rings is 2. The molecule has 162 valence electrons. The Balaban J connectivity index is 1.90. The first-order valence-electron chi connectivity index (χ1n) is 10.1. The average molecular weight is 429 g/mol. The van der Waals surface area contributed by atoms with Crippen LogP contribution in [0.5, 0.6) is 17.2 Å². The largest absolute Gasteiger partial charge is 0.497 e. The molecule has 1 aliphatic rings. The van der Waals surface area contributed by atoms with Crippen molar-refractivity contribution in [2.45, 2.75) is 19.4 Å². The van der Waals surface area contributed by atoms with E-state index in [1.807, 2.05) is 49.4 Å². The van der Waals surface area contributed by atoms with Gasteiger partial charge in [-0.25, -0.2) is 0 Å².